The van der Waals surface area contributed by atoms with Crippen LogP contribution in [0.4, 0.5) is 0 Å². The van der Waals surface area contributed by atoms with Gasteiger partial charge in [-0.2, -0.15) is 0 Å². The zero-order valence-corrected chi connectivity index (χ0v) is 13.2. The van der Waals surface area contributed by atoms with Crippen LogP contribution in [-0.2, 0) is 6.54 Å². The highest BCUT2D eigenvalue weighted by Gasteiger charge is 2.36. The van der Waals surface area contributed by atoms with Gasteiger partial charge in [0.25, 0.3) is 0 Å². The smallest absolute Gasteiger partial charge is 0.118 e. The molecule has 3 heteroatoms. The van der Waals surface area contributed by atoms with Crippen LogP contribution in [0.3, 0.4) is 0 Å². The van der Waals surface area contributed by atoms with Crippen molar-refractivity contribution in [1.29, 1.82) is 0 Å². The van der Waals surface area contributed by atoms with Crippen LogP contribution in [0.25, 0.3) is 0 Å². The highest BCUT2D eigenvalue weighted by Crippen LogP contribution is 2.47. The Balaban J connectivity index is 1.27. The number of furan rings is 1. The second-order valence-electron chi connectivity index (χ2n) is 7.44. The molecule has 3 aliphatic rings. The van der Waals surface area contributed by atoms with Crippen LogP contribution >= 0.6 is 0 Å². The Bertz CT molecular complexity index is 469. The molecule has 0 amide bonds. The zero-order valence-electron chi connectivity index (χ0n) is 13.2. The van der Waals surface area contributed by atoms with Crippen molar-refractivity contribution in [3.63, 3.8) is 0 Å². The molecule has 2 aliphatic heterocycles. The molecule has 1 aliphatic carbocycles. The summed E-state index contributed by atoms with van der Waals surface area (Å²) in [5, 5.41) is 3.68. The second kappa shape index (κ2) is 5.77. The number of piperidine rings is 1. The van der Waals surface area contributed by atoms with Crippen LogP contribution in [0.1, 0.15) is 56.5 Å². The molecule has 1 saturated carbocycles. The van der Waals surface area contributed by atoms with Crippen molar-refractivity contribution >= 4 is 0 Å². The van der Waals surface area contributed by atoms with Gasteiger partial charge in [0.1, 0.15) is 11.5 Å². The fourth-order valence-electron chi connectivity index (χ4n) is 4.24. The minimum Gasteiger partial charge on any atom is -0.464 e. The summed E-state index contributed by atoms with van der Waals surface area (Å²) in [7, 11) is 0. The van der Waals surface area contributed by atoms with Gasteiger partial charge in [0.2, 0.25) is 0 Å². The lowest BCUT2D eigenvalue weighted by molar-refractivity contribution is 0.148. The van der Waals surface area contributed by atoms with E-state index in [-0.39, 0.29) is 0 Å². The largest absolute Gasteiger partial charge is 0.464 e. The number of hydrogen-bond donors (Lipinski definition) is 1. The molecule has 3 fully saturated rings. The average Bonchev–Trinajstić information content (AvgIpc) is 2.95. The van der Waals surface area contributed by atoms with Crippen molar-refractivity contribution in [2.45, 2.75) is 57.5 Å². The lowest BCUT2D eigenvalue weighted by Gasteiger charge is -2.34. The first-order valence-electron chi connectivity index (χ1n) is 8.84. The first-order valence-corrected chi connectivity index (χ1v) is 8.84. The summed E-state index contributed by atoms with van der Waals surface area (Å²) in [5.74, 6) is 4.84. The van der Waals surface area contributed by atoms with E-state index in [4.69, 9.17) is 4.42 Å². The lowest BCUT2D eigenvalue weighted by atomic mass is 9.88. The fourth-order valence-corrected chi connectivity index (χ4v) is 4.24. The normalized spacial score (nSPS) is 34.4. The van der Waals surface area contributed by atoms with E-state index < -0.39 is 0 Å². The molecule has 4 rings (SSSR count). The molecular weight excluding hydrogens is 260 g/mol. The van der Waals surface area contributed by atoms with E-state index in [9.17, 15) is 0 Å². The molecule has 1 aromatic rings. The third-order valence-electron chi connectivity index (χ3n) is 5.84. The number of nitrogens with zero attached hydrogens (tertiary/aromatic N) is 1. The van der Waals surface area contributed by atoms with E-state index in [0.29, 0.717) is 5.92 Å². The van der Waals surface area contributed by atoms with E-state index in [1.807, 2.05) is 0 Å². The summed E-state index contributed by atoms with van der Waals surface area (Å²) in [4.78, 5) is 2.57. The van der Waals surface area contributed by atoms with Gasteiger partial charge < -0.3 is 9.73 Å². The van der Waals surface area contributed by atoms with E-state index in [0.717, 1.165) is 24.4 Å². The van der Waals surface area contributed by atoms with Gasteiger partial charge in [0.15, 0.2) is 0 Å². The quantitative estimate of drug-likeness (QED) is 0.921. The topological polar surface area (TPSA) is 28.4 Å². The molecule has 0 spiro atoms. The molecule has 3 nitrogen and oxygen atoms in total. The summed E-state index contributed by atoms with van der Waals surface area (Å²) < 4.78 is 6.05. The van der Waals surface area contributed by atoms with E-state index in [1.165, 1.54) is 63.3 Å². The maximum atomic E-state index is 6.05. The van der Waals surface area contributed by atoms with Crippen molar-refractivity contribution in [3.05, 3.63) is 23.7 Å². The van der Waals surface area contributed by atoms with Crippen molar-refractivity contribution in [2.75, 3.05) is 19.6 Å². The predicted octanol–water partition coefficient (Wildman–Crippen LogP) is 3.37. The van der Waals surface area contributed by atoms with Gasteiger partial charge in [-0.25, -0.2) is 0 Å². The summed E-state index contributed by atoms with van der Waals surface area (Å²) in [6.07, 6.45) is 6.79. The minimum absolute atomic E-state index is 0.706. The number of rotatable bonds is 4. The Kier molecular flexibility index (Phi) is 3.80. The molecule has 0 bridgehead atoms. The van der Waals surface area contributed by atoms with Crippen LogP contribution in [0, 0.1) is 11.8 Å². The number of nitrogens with one attached hydrogen (secondary N) is 1. The maximum Gasteiger partial charge on any atom is 0.118 e. The Morgan fingerprint density at radius 1 is 1.24 bits per heavy atom. The standard InChI is InChI=1S/C18H28N2O/c1-13-11-16(13)18-5-4-15(21-18)12-20-9-6-14(7-10-20)17-3-2-8-19-17/h4-5,13-14,16-17,19H,2-3,6-12H2,1H3. The van der Waals surface area contributed by atoms with E-state index in [1.54, 1.807) is 0 Å². The van der Waals surface area contributed by atoms with Gasteiger partial charge in [-0.1, -0.05) is 6.92 Å². The Labute approximate surface area is 128 Å². The zero-order chi connectivity index (χ0) is 14.2. The summed E-state index contributed by atoms with van der Waals surface area (Å²) in [6, 6.07) is 5.21. The third kappa shape index (κ3) is 3.04. The Hall–Kier alpha value is -0.800. The maximum absolute atomic E-state index is 6.05. The molecule has 1 N–H and O–H groups in total. The molecule has 2 saturated heterocycles. The van der Waals surface area contributed by atoms with Crippen molar-refractivity contribution in [2.24, 2.45) is 11.8 Å². The Morgan fingerprint density at radius 2 is 2.05 bits per heavy atom. The molecule has 116 valence electrons. The highest BCUT2D eigenvalue weighted by atomic mass is 16.3. The molecule has 0 radical (unpaired) electrons. The average molecular weight is 288 g/mol. The van der Waals surface area contributed by atoms with Crippen LogP contribution in [0.5, 0.6) is 0 Å². The lowest BCUT2D eigenvalue weighted by Crippen LogP contribution is -2.40. The van der Waals surface area contributed by atoms with Gasteiger partial charge in [-0.3, -0.25) is 4.90 Å². The summed E-state index contributed by atoms with van der Waals surface area (Å²) in [5.41, 5.74) is 0. The van der Waals surface area contributed by atoms with Crippen LogP contribution in [0.15, 0.2) is 16.5 Å². The van der Waals surface area contributed by atoms with Gasteiger partial charge in [0.05, 0.1) is 6.54 Å². The van der Waals surface area contributed by atoms with E-state index in [2.05, 4.69) is 29.3 Å². The molecule has 3 unspecified atom stereocenters. The molecule has 0 aromatic carbocycles. The van der Waals surface area contributed by atoms with Crippen LogP contribution in [0.2, 0.25) is 0 Å². The summed E-state index contributed by atoms with van der Waals surface area (Å²) in [6.45, 7) is 7.03. The van der Waals surface area contributed by atoms with Gasteiger partial charge in [-0.15, -0.1) is 0 Å². The SMILES string of the molecule is CC1CC1c1ccc(CN2CCC(C3CCCN3)CC2)o1. The predicted molar refractivity (Wildman–Crippen MR) is 84.3 cm³/mol. The first kappa shape index (κ1) is 13.8. The summed E-state index contributed by atoms with van der Waals surface area (Å²) >= 11 is 0. The second-order valence-corrected chi connectivity index (χ2v) is 7.44. The van der Waals surface area contributed by atoms with Gasteiger partial charge in [0, 0.05) is 12.0 Å². The number of likely N-dealkylation sites (tertiary alicyclic amines) is 1. The third-order valence-corrected chi connectivity index (χ3v) is 5.84. The Morgan fingerprint density at radius 3 is 2.71 bits per heavy atom. The number of hydrogen-bond acceptors (Lipinski definition) is 3. The van der Waals surface area contributed by atoms with Gasteiger partial charge in [-0.05, 0) is 75.7 Å². The molecule has 3 atom stereocenters. The molecule has 3 heterocycles. The van der Waals surface area contributed by atoms with Crippen molar-refractivity contribution in [1.82, 2.24) is 10.2 Å². The van der Waals surface area contributed by atoms with Crippen molar-refractivity contribution < 1.29 is 4.42 Å². The first-order chi connectivity index (χ1) is 10.3. The molecule has 1 aromatic heterocycles. The van der Waals surface area contributed by atoms with Crippen LogP contribution < -0.4 is 5.32 Å². The van der Waals surface area contributed by atoms with Gasteiger partial charge >= 0.3 is 0 Å². The fraction of sp³-hybridized carbons (Fsp3) is 0.778. The highest BCUT2D eigenvalue weighted by molar-refractivity contribution is 5.17. The van der Waals surface area contributed by atoms with Crippen molar-refractivity contribution in [3.8, 4) is 0 Å². The monoisotopic (exact) mass is 288 g/mol. The molecule has 21 heavy (non-hydrogen) atoms. The minimum atomic E-state index is 0.706. The van der Waals surface area contributed by atoms with Crippen LogP contribution in [-0.4, -0.2) is 30.6 Å². The molecular formula is C18H28N2O. The van der Waals surface area contributed by atoms with E-state index >= 15 is 0 Å².